The van der Waals surface area contributed by atoms with Gasteiger partial charge in [0.1, 0.15) is 0 Å². The van der Waals surface area contributed by atoms with Gasteiger partial charge in [-0.05, 0) is 63.1 Å². The second-order valence-corrected chi connectivity index (χ2v) is 7.89. The number of benzene rings is 1. The van der Waals surface area contributed by atoms with Crippen molar-refractivity contribution < 1.29 is 0 Å². The lowest BCUT2D eigenvalue weighted by Gasteiger charge is -2.35. The molecule has 2 aromatic rings. The largest absolute Gasteiger partial charge is 0.310 e. The van der Waals surface area contributed by atoms with Gasteiger partial charge in [-0.2, -0.15) is 0 Å². The molecule has 1 nitrogen and oxygen atoms in total. The average molecular weight is 352 g/mol. The zero-order chi connectivity index (χ0) is 14.2. The first-order valence-corrected chi connectivity index (χ1v) is 9.22. The van der Waals surface area contributed by atoms with Crippen LogP contribution in [-0.2, 0) is 0 Å². The SMILES string of the molecule is CCNC(c1csc2c(Br)cccc12)C1(C)CCCC1. The predicted octanol–water partition coefficient (Wildman–Crippen LogP) is 5.89. The summed E-state index contributed by atoms with van der Waals surface area (Å²) in [5.74, 6) is 0. The van der Waals surface area contributed by atoms with Crippen molar-refractivity contribution in [2.45, 2.75) is 45.6 Å². The van der Waals surface area contributed by atoms with Crippen molar-refractivity contribution in [2.24, 2.45) is 5.41 Å². The van der Waals surface area contributed by atoms with Gasteiger partial charge in [0.25, 0.3) is 0 Å². The van der Waals surface area contributed by atoms with E-state index in [0.717, 1.165) is 6.54 Å². The highest BCUT2D eigenvalue weighted by Gasteiger charge is 2.38. The van der Waals surface area contributed by atoms with E-state index in [1.54, 1.807) is 0 Å². The molecule has 1 aliphatic carbocycles. The van der Waals surface area contributed by atoms with Gasteiger partial charge >= 0.3 is 0 Å². The van der Waals surface area contributed by atoms with E-state index in [-0.39, 0.29) is 0 Å². The molecule has 1 unspecified atom stereocenters. The molecule has 1 aliphatic rings. The van der Waals surface area contributed by atoms with Crippen LogP contribution in [0.15, 0.2) is 28.1 Å². The van der Waals surface area contributed by atoms with Crippen LogP contribution in [0.25, 0.3) is 10.1 Å². The Morgan fingerprint density at radius 1 is 1.35 bits per heavy atom. The van der Waals surface area contributed by atoms with Crippen molar-refractivity contribution in [1.82, 2.24) is 5.32 Å². The Morgan fingerprint density at radius 2 is 2.10 bits per heavy atom. The Balaban J connectivity index is 2.08. The maximum absolute atomic E-state index is 3.77. The third kappa shape index (κ3) is 2.44. The smallest absolute Gasteiger partial charge is 0.0488 e. The lowest BCUT2D eigenvalue weighted by atomic mass is 9.77. The minimum Gasteiger partial charge on any atom is -0.310 e. The van der Waals surface area contributed by atoms with Crippen molar-refractivity contribution in [3.05, 3.63) is 33.6 Å². The number of thiophene rings is 1. The van der Waals surface area contributed by atoms with Gasteiger partial charge in [-0.3, -0.25) is 0 Å². The molecule has 1 N–H and O–H groups in total. The van der Waals surface area contributed by atoms with Crippen LogP contribution in [0.5, 0.6) is 0 Å². The van der Waals surface area contributed by atoms with Gasteiger partial charge in [-0.15, -0.1) is 11.3 Å². The van der Waals surface area contributed by atoms with Gasteiger partial charge in [-0.25, -0.2) is 0 Å². The number of nitrogens with one attached hydrogen (secondary N) is 1. The lowest BCUT2D eigenvalue weighted by molar-refractivity contribution is 0.228. The van der Waals surface area contributed by atoms with E-state index in [9.17, 15) is 0 Å². The molecule has 0 amide bonds. The predicted molar refractivity (Wildman–Crippen MR) is 92.5 cm³/mol. The highest BCUT2D eigenvalue weighted by molar-refractivity contribution is 9.10. The van der Waals surface area contributed by atoms with Crippen molar-refractivity contribution in [1.29, 1.82) is 0 Å². The summed E-state index contributed by atoms with van der Waals surface area (Å²) in [6.45, 7) is 5.72. The van der Waals surface area contributed by atoms with E-state index in [1.165, 1.54) is 45.8 Å². The standard InChI is InChI=1S/C17H22BrNS/c1-3-19-16(17(2)9-4-5-10-17)13-11-20-15-12(13)7-6-8-14(15)18/h6-8,11,16,19H,3-5,9-10H2,1-2H3. The molecule has 0 saturated heterocycles. The van der Waals surface area contributed by atoms with E-state index in [1.807, 2.05) is 11.3 Å². The van der Waals surface area contributed by atoms with E-state index >= 15 is 0 Å². The van der Waals surface area contributed by atoms with Gasteiger partial charge in [-0.1, -0.05) is 38.8 Å². The average Bonchev–Trinajstić information content (AvgIpc) is 3.04. The van der Waals surface area contributed by atoms with Crippen LogP contribution in [-0.4, -0.2) is 6.54 Å². The van der Waals surface area contributed by atoms with E-state index < -0.39 is 0 Å². The molecule has 20 heavy (non-hydrogen) atoms. The molecular weight excluding hydrogens is 330 g/mol. The normalized spacial score (nSPS) is 19.6. The van der Waals surface area contributed by atoms with E-state index in [0.29, 0.717) is 11.5 Å². The molecule has 3 rings (SSSR count). The molecule has 1 aromatic carbocycles. The monoisotopic (exact) mass is 351 g/mol. The summed E-state index contributed by atoms with van der Waals surface area (Å²) in [5, 5.41) is 7.56. The molecule has 3 heteroatoms. The molecule has 1 saturated carbocycles. The van der Waals surface area contributed by atoms with Crippen molar-refractivity contribution in [3.63, 3.8) is 0 Å². The van der Waals surface area contributed by atoms with Crippen molar-refractivity contribution >= 4 is 37.4 Å². The number of hydrogen-bond donors (Lipinski definition) is 1. The lowest BCUT2D eigenvalue weighted by Crippen LogP contribution is -2.34. The first-order valence-electron chi connectivity index (χ1n) is 7.55. The zero-order valence-electron chi connectivity index (χ0n) is 12.2. The van der Waals surface area contributed by atoms with E-state index in [2.05, 4.69) is 58.7 Å². The summed E-state index contributed by atoms with van der Waals surface area (Å²) in [7, 11) is 0. The molecule has 0 aliphatic heterocycles. The van der Waals surface area contributed by atoms with Gasteiger partial charge in [0.2, 0.25) is 0 Å². The molecule has 0 radical (unpaired) electrons. The molecule has 1 heterocycles. The molecule has 1 aromatic heterocycles. The first-order chi connectivity index (χ1) is 9.65. The summed E-state index contributed by atoms with van der Waals surface area (Å²) in [6, 6.07) is 7.05. The van der Waals surface area contributed by atoms with Crippen LogP contribution in [0.4, 0.5) is 0 Å². The first kappa shape index (κ1) is 14.6. The second kappa shape index (κ2) is 5.78. The van der Waals surface area contributed by atoms with Gasteiger partial charge < -0.3 is 5.32 Å². The second-order valence-electron chi connectivity index (χ2n) is 6.16. The maximum atomic E-state index is 3.77. The molecule has 108 valence electrons. The molecule has 1 atom stereocenters. The Hall–Kier alpha value is -0.380. The Morgan fingerprint density at radius 3 is 2.80 bits per heavy atom. The molecule has 0 spiro atoms. The topological polar surface area (TPSA) is 12.0 Å². The van der Waals surface area contributed by atoms with Crippen LogP contribution in [0.1, 0.15) is 51.1 Å². The van der Waals surface area contributed by atoms with E-state index in [4.69, 9.17) is 0 Å². The summed E-state index contributed by atoms with van der Waals surface area (Å²) >= 11 is 5.55. The summed E-state index contributed by atoms with van der Waals surface area (Å²) < 4.78 is 2.60. The summed E-state index contributed by atoms with van der Waals surface area (Å²) in [4.78, 5) is 0. The Bertz CT molecular complexity index is 598. The van der Waals surface area contributed by atoms with Crippen LogP contribution in [0.2, 0.25) is 0 Å². The van der Waals surface area contributed by atoms with Crippen LogP contribution in [0, 0.1) is 5.41 Å². The van der Waals surface area contributed by atoms with Crippen molar-refractivity contribution in [2.75, 3.05) is 6.54 Å². The summed E-state index contributed by atoms with van der Waals surface area (Å²) in [5.41, 5.74) is 1.91. The maximum Gasteiger partial charge on any atom is 0.0488 e. The fourth-order valence-corrected chi connectivity index (χ4v) is 5.32. The third-order valence-electron chi connectivity index (χ3n) is 4.74. The quantitative estimate of drug-likeness (QED) is 0.723. The number of halogens is 1. The van der Waals surface area contributed by atoms with Crippen LogP contribution >= 0.6 is 27.3 Å². The molecular formula is C17H22BrNS. The highest BCUT2D eigenvalue weighted by atomic mass is 79.9. The third-order valence-corrected chi connectivity index (χ3v) is 6.71. The fraction of sp³-hybridized carbons (Fsp3) is 0.529. The number of hydrogen-bond acceptors (Lipinski definition) is 2. The Labute approximate surface area is 133 Å². The fourth-order valence-electron chi connectivity index (χ4n) is 3.67. The molecule has 1 fully saturated rings. The Kier molecular flexibility index (Phi) is 4.21. The van der Waals surface area contributed by atoms with Gasteiger partial charge in [0.15, 0.2) is 0 Å². The summed E-state index contributed by atoms with van der Waals surface area (Å²) in [6.07, 6.45) is 5.44. The van der Waals surface area contributed by atoms with Gasteiger partial charge in [0, 0.05) is 15.2 Å². The minimum atomic E-state index is 0.409. The minimum absolute atomic E-state index is 0.409. The number of fused-ring (bicyclic) bond motifs is 1. The highest BCUT2D eigenvalue weighted by Crippen LogP contribution is 2.49. The number of rotatable bonds is 4. The van der Waals surface area contributed by atoms with Crippen LogP contribution < -0.4 is 5.32 Å². The van der Waals surface area contributed by atoms with Gasteiger partial charge in [0.05, 0.1) is 0 Å². The zero-order valence-corrected chi connectivity index (χ0v) is 14.6. The van der Waals surface area contributed by atoms with Crippen molar-refractivity contribution in [3.8, 4) is 0 Å². The van der Waals surface area contributed by atoms with Crippen LogP contribution in [0.3, 0.4) is 0 Å². The molecule has 0 bridgehead atoms.